The van der Waals surface area contributed by atoms with Gasteiger partial charge in [-0.3, -0.25) is 0 Å². The first kappa shape index (κ1) is 19.8. The van der Waals surface area contributed by atoms with Crippen LogP contribution < -0.4 is 23.7 Å². The molecule has 0 spiro atoms. The monoisotopic (exact) mass is 520 g/mol. The number of ether oxygens (including phenoxy) is 5. The second kappa shape index (κ2) is 7.53. The van der Waals surface area contributed by atoms with E-state index in [-0.39, 0.29) is 18.1 Å². The van der Waals surface area contributed by atoms with Gasteiger partial charge in [0.05, 0.1) is 26.2 Å². The summed E-state index contributed by atoms with van der Waals surface area (Å²) >= 11 is 2.24. The number of aliphatic hydroxyl groups is 1. The molecule has 0 radical (unpaired) electrons. The molecule has 2 aromatic carbocycles. The fourth-order valence-corrected chi connectivity index (χ4v) is 4.97. The topological polar surface area (TPSA) is 66.4 Å². The molecule has 1 N–H and O–H groups in total. The van der Waals surface area contributed by atoms with Crippen LogP contribution in [0.4, 0.5) is 0 Å². The molecule has 3 heterocycles. The molecule has 5 rings (SSSR count). The van der Waals surface area contributed by atoms with Gasteiger partial charge in [0.2, 0.25) is 0 Å². The Morgan fingerprint density at radius 1 is 1.10 bits per heavy atom. The molecule has 2 aromatic rings. The summed E-state index contributed by atoms with van der Waals surface area (Å²) in [5, 5.41) is 11.4. The fourth-order valence-electron chi connectivity index (χ4n) is 4.57. The molecule has 0 aliphatic carbocycles. The fraction of sp³-hybridized carbons (Fsp3) is 0.391. The van der Waals surface area contributed by atoms with Gasteiger partial charge in [-0.15, -0.1) is 0 Å². The van der Waals surface area contributed by atoms with Gasteiger partial charge in [-0.25, -0.2) is 0 Å². The van der Waals surface area contributed by atoms with Crippen LogP contribution in [0, 0.1) is 0 Å². The Kier molecular flexibility index (Phi) is 4.97. The number of methoxy groups -OCH3 is 2. The van der Waals surface area contributed by atoms with E-state index < -0.39 is 6.10 Å². The lowest BCUT2D eigenvalue weighted by molar-refractivity contribution is 0.000791. The maximum absolute atomic E-state index is 11.4. The van der Waals surface area contributed by atoms with Crippen molar-refractivity contribution in [3.8, 4) is 28.7 Å². The summed E-state index contributed by atoms with van der Waals surface area (Å²) < 4.78 is 31.4. The standard InChI is InChI=1S/C23H23IO6/c1-11(9-24)16-7-14-15(29-16)5-4-12-22(25)21-13-6-18(26-2)19(27-3)8-17(13)28-10-20(21)30-23(12)14/h4-6,8-9,16,20-22,25H,7,10H2,1-3H3/b11-9-/t16?,20-,21+,22-/m1/s1/i24-2. The first-order chi connectivity index (χ1) is 14.5. The van der Waals surface area contributed by atoms with Gasteiger partial charge in [0.1, 0.15) is 36.1 Å². The normalized spacial score (nSPS) is 26.2. The minimum Gasteiger partial charge on any atom is -0.493 e. The Hall–Kier alpha value is -2.13. The SMILES string of the molecule is COc1cc2c(cc1OC)[C@@H]1[C@H](O)c3ccc4c(c3O[C@@H]1CO2)CC(/C(C)=C\[125I])O4. The van der Waals surface area contributed by atoms with Gasteiger partial charge in [-0.2, -0.15) is 0 Å². The molecule has 4 atom stereocenters. The molecule has 0 amide bonds. The first-order valence-corrected chi connectivity index (χ1v) is 11.1. The van der Waals surface area contributed by atoms with Gasteiger partial charge >= 0.3 is 0 Å². The lowest BCUT2D eigenvalue weighted by Gasteiger charge is -2.41. The van der Waals surface area contributed by atoms with Crippen molar-refractivity contribution in [1.29, 1.82) is 0 Å². The Labute approximate surface area is 188 Å². The molecule has 0 aromatic heterocycles. The van der Waals surface area contributed by atoms with Crippen LogP contribution in [0.2, 0.25) is 0 Å². The molecule has 0 bridgehead atoms. The molecule has 0 saturated heterocycles. The minimum atomic E-state index is -0.718. The zero-order valence-electron chi connectivity index (χ0n) is 17.0. The molecule has 30 heavy (non-hydrogen) atoms. The molecular formula is C23H23IO6. The zero-order chi connectivity index (χ0) is 21.0. The maximum atomic E-state index is 11.4. The van der Waals surface area contributed by atoms with E-state index in [1.54, 1.807) is 14.2 Å². The smallest absolute Gasteiger partial charge is 0.164 e. The Morgan fingerprint density at radius 2 is 1.87 bits per heavy atom. The van der Waals surface area contributed by atoms with Crippen LogP contribution in [-0.2, 0) is 6.42 Å². The van der Waals surface area contributed by atoms with E-state index in [2.05, 4.69) is 29.5 Å². The average molecular weight is 520 g/mol. The van der Waals surface area contributed by atoms with Gasteiger partial charge in [0.15, 0.2) is 11.5 Å². The Balaban J connectivity index is 1.55. The molecule has 6 nitrogen and oxygen atoms in total. The minimum absolute atomic E-state index is 0.00178. The number of halogens is 1. The van der Waals surface area contributed by atoms with E-state index in [1.807, 2.05) is 28.3 Å². The molecule has 0 fully saturated rings. The molecule has 158 valence electrons. The molecule has 7 heteroatoms. The predicted molar refractivity (Wildman–Crippen MR) is 119 cm³/mol. The van der Waals surface area contributed by atoms with Crippen molar-refractivity contribution in [3.63, 3.8) is 0 Å². The van der Waals surface area contributed by atoms with Crippen LogP contribution >= 0.6 is 22.6 Å². The van der Waals surface area contributed by atoms with E-state index in [0.717, 1.165) is 34.6 Å². The molecule has 3 aliphatic heterocycles. The lowest BCUT2D eigenvalue weighted by atomic mass is 9.80. The summed E-state index contributed by atoms with van der Waals surface area (Å²) in [6.45, 7) is 2.42. The summed E-state index contributed by atoms with van der Waals surface area (Å²) in [7, 11) is 3.19. The van der Waals surface area contributed by atoms with Gasteiger partial charge < -0.3 is 28.8 Å². The van der Waals surface area contributed by atoms with Gasteiger partial charge in [-0.05, 0) is 34.8 Å². The largest absolute Gasteiger partial charge is 0.493 e. The van der Waals surface area contributed by atoms with E-state index in [0.29, 0.717) is 23.9 Å². The van der Waals surface area contributed by atoms with Gasteiger partial charge in [0, 0.05) is 29.2 Å². The van der Waals surface area contributed by atoms with Gasteiger partial charge in [0.25, 0.3) is 0 Å². The van der Waals surface area contributed by atoms with Crippen LogP contribution in [0.5, 0.6) is 28.7 Å². The van der Waals surface area contributed by atoms with Crippen molar-refractivity contribution in [2.45, 2.75) is 37.6 Å². The van der Waals surface area contributed by atoms with Crippen molar-refractivity contribution in [1.82, 2.24) is 0 Å². The number of rotatable bonds is 3. The summed E-state index contributed by atoms with van der Waals surface area (Å²) in [5.41, 5.74) is 3.84. The van der Waals surface area contributed by atoms with E-state index >= 15 is 0 Å². The van der Waals surface area contributed by atoms with Crippen LogP contribution in [-0.4, -0.2) is 38.1 Å². The predicted octanol–water partition coefficient (Wildman–Crippen LogP) is 4.32. The van der Waals surface area contributed by atoms with Crippen molar-refractivity contribution in [3.05, 3.63) is 50.6 Å². The third-order valence-electron chi connectivity index (χ3n) is 6.19. The zero-order valence-corrected chi connectivity index (χ0v) is 19.1. The number of hydrogen-bond acceptors (Lipinski definition) is 6. The summed E-state index contributed by atoms with van der Waals surface area (Å²) in [6.07, 6.45) is -0.284. The van der Waals surface area contributed by atoms with E-state index in [4.69, 9.17) is 23.7 Å². The average Bonchev–Trinajstić information content (AvgIpc) is 3.22. The van der Waals surface area contributed by atoms with Crippen LogP contribution in [0.1, 0.15) is 35.6 Å². The summed E-state index contributed by atoms with van der Waals surface area (Å²) in [5.74, 6) is 3.19. The van der Waals surface area contributed by atoms with Crippen LogP contribution in [0.25, 0.3) is 0 Å². The van der Waals surface area contributed by atoms with Crippen molar-refractivity contribution in [2.75, 3.05) is 20.8 Å². The van der Waals surface area contributed by atoms with Crippen LogP contribution in [0.15, 0.2) is 33.9 Å². The Bertz CT molecular complexity index is 1030. The molecule has 1 unspecified atom stereocenters. The molecular weight excluding hydrogens is 497 g/mol. The molecule has 3 aliphatic rings. The lowest BCUT2D eigenvalue weighted by Crippen LogP contribution is -2.42. The third kappa shape index (κ3) is 2.93. The third-order valence-corrected chi connectivity index (χ3v) is 7.18. The van der Waals surface area contributed by atoms with Crippen LogP contribution in [0.3, 0.4) is 0 Å². The summed E-state index contributed by atoms with van der Waals surface area (Å²) in [6, 6.07) is 7.54. The number of aliphatic hydroxyl groups excluding tert-OH is 1. The second-order valence-electron chi connectivity index (χ2n) is 7.81. The number of benzene rings is 2. The summed E-state index contributed by atoms with van der Waals surface area (Å²) in [4.78, 5) is 0. The molecule has 0 saturated carbocycles. The van der Waals surface area contributed by atoms with Crippen molar-refractivity contribution < 1.29 is 28.8 Å². The first-order valence-electron chi connectivity index (χ1n) is 9.88. The van der Waals surface area contributed by atoms with Crippen molar-refractivity contribution in [2.24, 2.45) is 0 Å². The number of fused-ring (bicyclic) bond motifs is 6. The van der Waals surface area contributed by atoms with E-state index in [1.165, 1.54) is 5.57 Å². The van der Waals surface area contributed by atoms with E-state index in [9.17, 15) is 5.11 Å². The highest BCUT2D eigenvalue weighted by Crippen LogP contribution is 2.53. The van der Waals surface area contributed by atoms with Crippen molar-refractivity contribution >= 4 is 22.6 Å². The highest BCUT2D eigenvalue weighted by molar-refractivity contribution is 14.1. The quantitative estimate of drug-likeness (QED) is 0.609. The number of hydrogen-bond donors (Lipinski definition) is 1. The highest BCUT2D eigenvalue weighted by atomic mass is 125. The highest BCUT2D eigenvalue weighted by Gasteiger charge is 2.45. The van der Waals surface area contributed by atoms with Gasteiger partial charge in [-0.1, -0.05) is 22.6 Å². The maximum Gasteiger partial charge on any atom is 0.164 e. The second-order valence-corrected chi connectivity index (χ2v) is 8.43. The Morgan fingerprint density at radius 3 is 2.60 bits per heavy atom.